The van der Waals surface area contributed by atoms with Crippen LogP contribution in [0.2, 0.25) is 0 Å². The quantitative estimate of drug-likeness (QED) is 0.697. The van der Waals surface area contributed by atoms with Crippen molar-refractivity contribution in [3.8, 4) is 0 Å². The minimum atomic E-state index is -0.399. The molecule has 0 unspecified atom stereocenters. The first kappa shape index (κ1) is 15.6. The van der Waals surface area contributed by atoms with Gasteiger partial charge in [0.25, 0.3) is 11.8 Å². The first-order chi connectivity index (χ1) is 11.5. The molecule has 6 heteroatoms. The Bertz CT molecular complexity index is 872. The van der Waals surface area contributed by atoms with E-state index in [1.165, 1.54) is 37.4 Å². The summed E-state index contributed by atoms with van der Waals surface area (Å²) in [5, 5.41) is 2.62. The molecule has 0 aliphatic carbocycles. The van der Waals surface area contributed by atoms with Crippen LogP contribution < -0.4 is 5.32 Å². The van der Waals surface area contributed by atoms with E-state index >= 15 is 0 Å². The zero-order valence-corrected chi connectivity index (χ0v) is 12.7. The molecule has 1 N–H and O–H groups in total. The van der Waals surface area contributed by atoms with Crippen LogP contribution in [0.4, 0.5) is 10.1 Å². The van der Waals surface area contributed by atoms with Gasteiger partial charge in [-0.3, -0.25) is 19.3 Å². The zero-order chi connectivity index (χ0) is 17.3. The molecular weight excluding hydrogens is 311 g/mol. The fourth-order valence-electron chi connectivity index (χ4n) is 2.37. The molecule has 0 saturated heterocycles. The van der Waals surface area contributed by atoms with Crippen molar-refractivity contribution in [1.29, 1.82) is 0 Å². The molecule has 0 atom stereocenters. The molecule has 3 amide bonds. The van der Waals surface area contributed by atoms with Crippen LogP contribution >= 0.6 is 0 Å². The molecule has 0 radical (unpaired) electrons. The first-order valence-electron chi connectivity index (χ1n) is 7.17. The van der Waals surface area contributed by atoms with Crippen molar-refractivity contribution >= 4 is 29.5 Å². The fraction of sp³-hybridized carbons (Fsp3) is 0.0556. The lowest BCUT2D eigenvalue weighted by molar-refractivity contribution is -0.111. The van der Waals surface area contributed by atoms with E-state index in [4.69, 9.17) is 0 Å². The molecule has 24 heavy (non-hydrogen) atoms. The largest absolute Gasteiger partial charge is 0.322 e. The molecule has 3 rings (SSSR count). The van der Waals surface area contributed by atoms with E-state index in [1.54, 1.807) is 24.3 Å². The zero-order valence-electron chi connectivity index (χ0n) is 12.7. The second-order valence-corrected chi connectivity index (χ2v) is 5.30. The predicted octanol–water partition coefficient (Wildman–Crippen LogP) is 2.70. The molecule has 1 aliphatic heterocycles. The number of hydrogen-bond acceptors (Lipinski definition) is 3. The van der Waals surface area contributed by atoms with Crippen molar-refractivity contribution in [3.05, 3.63) is 71.0 Å². The molecule has 5 nitrogen and oxygen atoms in total. The summed E-state index contributed by atoms with van der Waals surface area (Å²) in [5.41, 5.74) is 1.69. The minimum absolute atomic E-state index is 0.266. The Labute approximate surface area is 137 Å². The van der Waals surface area contributed by atoms with Crippen LogP contribution in [0, 0.1) is 5.82 Å². The molecule has 0 fully saturated rings. The maximum Gasteiger partial charge on any atom is 0.261 e. The Morgan fingerprint density at radius 1 is 1.04 bits per heavy atom. The maximum absolute atomic E-state index is 12.8. The molecular formula is C18H13FN2O3. The second kappa shape index (κ2) is 6.08. The van der Waals surface area contributed by atoms with Gasteiger partial charge in [-0.2, -0.15) is 0 Å². The molecule has 1 aliphatic rings. The third kappa shape index (κ3) is 2.94. The average molecular weight is 324 g/mol. The third-order valence-electron chi connectivity index (χ3n) is 3.65. The Kier molecular flexibility index (Phi) is 3.95. The number of rotatable bonds is 3. The van der Waals surface area contributed by atoms with Crippen LogP contribution in [0.15, 0.2) is 48.5 Å². The molecule has 0 saturated carbocycles. The van der Waals surface area contributed by atoms with E-state index in [-0.39, 0.29) is 17.3 Å². The first-order valence-corrected chi connectivity index (χ1v) is 7.17. The maximum atomic E-state index is 12.8. The van der Waals surface area contributed by atoms with Gasteiger partial charge < -0.3 is 5.32 Å². The van der Waals surface area contributed by atoms with Crippen molar-refractivity contribution in [1.82, 2.24) is 4.90 Å². The Morgan fingerprint density at radius 2 is 1.71 bits per heavy atom. The monoisotopic (exact) mass is 324 g/mol. The number of amides is 3. The highest BCUT2D eigenvalue weighted by Crippen LogP contribution is 2.24. The van der Waals surface area contributed by atoms with Crippen LogP contribution in [0.5, 0.6) is 0 Å². The number of nitrogens with zero attached hydrogens (tertiary/aromatic N) is 1. The lowest BCUT2D eigenvalue weighted by atomic mass is 10.1. The van der Waals surface area contributed by atoms with Gasteiger partial charge in [0, 0.05) is 18.8 Å². The van der Waals surface area contributed by atoms with E-state index in [0.29, 0.717) is 16.8 Å². The molecule has 0 aromatic heterocycles. The van der Waals surface area contributed by atoms with Gasteiger partial charge >= 0.3 is 0 Å². The van der Waals surface area contributed by atoms with Gasteiger partial charge in [-0.15, -0.1) is 0 Å². The number of benzene rings is 2. The summed E-state index contributed by atoms with van der Waals surface area (Å²) in [6.45, 7) is 0. The lowest BCUT2D eigenvalue weighted by Crippen LogP contribution is -2.24. The molecule has 1 heterocycles. The normalized spacial score (nSPS) is 13.5. The highest BCUT2D eigenvalue weighted by atomic mass is 19.1. The van der Waals surface area contributed by atoms with Gasteiger partial charge in [0.15, 0.2) is 0 Å². The predicted molar refractivity (Wildman–Crippen MR) is 86.9 cm³/mol. The van der Waals surface area contributed by atoms with Crippen LogP contribution in [0.3, 0.4) is 0 Å². The SMILES string of the molecule is CN1C(=O)c2ccc(NC(=O)/C=C/c3ccc(F)cc3)cc2C1=O. The summed E-state index contributed by atoms with van der Waals surface area (Å²) in [4.78, 5) is 36.7. The highest BCUT2D eigenvalue weighted by molar-refractivity contribution is 6.21. The van der Waals surface area contributed by atoms with Crippen molar-refractivity contribution in [3.63, 3.8) is 0 Å². The summed E-state index contributed by atoms with van der Waals surface area (Å²) >= 11 is 0. The Hall–Kier alpha value is -3.28. The van der Waals surface area contributed by atoms with Crippen molar-refractivity contribution in [2.45, 2.75) is 0 Å². The van der Waals surface area contributed by atoms with Gasteiger partial charge in [-0.05, 0) is 42.0 Å². The molecule has 120 valence electrons. The fourth-order valence-corrected chi connectivity index (χ4v) is 2.37. The molecule has 2 aromatic carbocycles. The van der Waals surface area contributed by atoms with Gasteiger partial charge in [0.05, 0.1) is 11.1 Å². The number of carbonyl (C=O) groups is 3. The van der Waals surface area contributed by atoms with Crippen LogP contribution in [-0.2, 0) is 4.79 Å². The van der Waals surface area contributed by atoms with Gasteiger partial charge in [0.1, 0.15) is 5.82 Å². The molecule has 2 aromatic rings. The third-order valence-corrected chi connectivity index (χ3v) is 3.65. The van der Waals surface area contributed by atoms with Crippen LogP contribution in [0.1, 0.15) is 26.3 Å². The van der Waals surface area contributed by atoms with Crippen molar-refractivity contribution in [2.24, 2.45) is 0 Å². The molecule has 0 bridgehead atoms. The number of halogens is 1. The number of imide groups is 1. The summed E-state index contributed by atoms with van der Waals surface area (Å²) in [6.07, 6.45) is 2.85. The summed E-state index contributed by atoms with van der Waals surface area (Å²) in [6, 6.07) is 10.3. The van der Waals surface area contributed by atoms with E-state index in [9.17, 15) is 18.8 Å². The highest BCUT2D eigenvalue weighted by Gasteiger charge is 2.32. The smallest absolute Gasteiger partial charge is 0.261 e. The standard InChI is InChI=1S/C18H13FN2O3/c1-21-17(23)14-8-7-13(10-15(14)18(21)24)20-16(22)9-4-11-2-5-12(19)6-3-11/h2-10H,1H3,(H,20,22)/b9-4+. The molecule has 0 spiro atoms. The topological polar surface area (TPSA) is 66.5 Å². The van der Waals surface area contributed by atoms with Crippen LogP contribution in [0.25, 0.3) is 6.08 Å². The van der Waals surface area contributed by atoms with Crippen molar-refractivity contribution in [2.75, 3.05) is 12.4 Å². The van der Waals surface area contributed by atoms with E-state index in [0.717, 1.165) is 4.90 Å². The number of hydrogen-bond donors (Lipinski definition) is 1. The van der Waals surface area contributed by atoms with Crippen LogP contribution in [-0.4, -0.2) is 29.7 Å². The average Bonchev–Trinajstić information content (AvgIpc) is 2.79. The van der Waals surface area contributed by atoms with E-state index in [2.05, 4.69) is 5.32 Å². The second-order valence-electron chi connectivity index (χ2n) is 5.30. The van der Waals surface area contributed by atoms with E-state index in [1.807, 2.05) is 0 Å². The number of anilines is 1. The van der Waals surface area contributed by atoms with Gasteiger partial charge in [-0.25, -0.2) is 4.39 Å². The minimum Gasteiger partial charge on any atom is -0.322 e. The summed E-state index contributed by atoms with van der Waals surface area (Å²) in [5.74, 6) is -1.50. The number of nitrogens with one attached hydrogen (secondary N) is 1. The lowest BCUT2D eigenvalue weighted by Gasteiger charge is -2.04. The van der Waals surface area contributed by atoms with Gasteiger partial charge in [-0.1, -0.05) is 12.1 Å². The Morgan fingerprint density at radius 3 is 2.42 bits per heavy atom. The van der Waals surface area contributed by atoms with Crippen molar-refractivity contribution < 1.29 is 18.8 Å². The summed E-state index contributed by atoms with van der Waals surface area (Å²) < 4.78 is 12.8. The number of fused-ring (bicyclic) bond motifs is 1. The Balaban J connectivity index is 1.73. The number of carbonyl (C=O) groups excluding carboxylic acids is 3. The van der Waals surface area contributed by atoms with Gasteiger partial charge in [0.2, 0.25) is 5.91 Å². The summed E-state index contributed by atoms with van der Waals surface area (Å²) in [7, 11) is 1.41. The van der Waals surface area contributed by atoms with E-state index < -0.39 is 11.8 Å².